The van der Waals surface area contributed by atoms with Gasteiger partial charge in [-0.3, -0.25) is 9.78 Å². The van der Waals surface area contributed by atoms with Crippen molar-refractivity contribution in [2.24, 2.45) is 5.92 Å². The average Bonchev–Trinajstić information content (AvgIpc) is 2.54. The van der Waals surface area contributed by atoms with E-state index >= 15 is 0 Å². The van der Waals surface area contributed by atoms with Gasteiger partial charge in [-0.05, 0) is 44.2 Å². The van der Waals surface area contributed by atoms with Crippen LogP contribution in [0.15, 0.2) is 18.3 Å². The minimum Gasteiger partial charge on any atom is -0.385 e. The molecular weight excluding hydrogens is 262 g/mol. The molecule has 1 atom stereocenters. The van der Waals surface area contributed by atoms with E-state index < -0.39 is 0 Å². The first-order chi connectivity index (χ1) is 10.2. The third-order valence-corrected chi connectivity index (χ3v) is 4.29. The van der Waals surface area contributed by atoms with E-state index in [4.69, 9.17) is 0 Å². The second-order valence-electron chi connectivity index (χ2n) is 6.02. The molecule has 1 fully saturated rings. The van der Waals surface area contributed by atoms with Crippen LogP contribution >= 0.6 is 0 Å². The zero-order valence-electron chi connectivity index (χ0n) is 13.2. The van der Waals surface area contributed by atoms with Crippen LogP contribution in [0.4, 0.5) is 5.69 Å². The number of aromatic nitrogens is 1. The number of pyridine rings is 1. The van der Waals surface area contributed by atoms with E-state index in [1.807, 2.05) is 12.1 Å². The molecule has 4 nitrogen and oxygen atoms in total. The van der Waals surface area contributed by atoms with E-state index in [1.165, 1.54) is 32.1 Å². The normalized spacial score (nSPS) is 17.2. The van der Waals surface area contributed by atoms with Gasteiger partial charge < -0.3 is 10.6 Å². The third kappa shape index (κ3) is 4.73. The molecule has 1 aromatic heterocycles. The van der Waals surface area contributed by atoms with Gasteiger partial charge in [0.1, 0.15) is 5.69 Å². The van der Waals surface area contributed by atoms with Crippen molar-refractivity contribution in [3.63, 3.8) is 0 Å². The van der Waals surface area contributed by atoms with Gasteiger partial charge in [0.25, 0.3) is 5.91 Å². The van der Waals surface area contributed by atoms with Crippen LogP contribution in [0.3, 0.4) is 0 Å². The Morgan fingerprint density at radius 3 is 2.86 bits per heavy atom. The SMILES string of the molecule is CCCNc1ccnc(C(=O)NC(C)C2CCCCC2)c1. The van der Waals surface area contributed by atoms with E-state index in [0.717, 1.165) is 18.7 Å². The fourth-order valence-electron chi connectivity index (χ4n) is 2.97. The number of nitrogens with zero attached hydrogens (tertiary/aromatic N) is 1. The van der Waals surface area contributed by atoms with E-state index in [-0.39, 0.29) is 11.9 Å². The molecule has 0 aromatic carbocycles. The Morgan fingerprint density at radius 2 is 2.14 bits per heavy atom. The first-order valence-corrected chi connectivity index (χ1v) is 8.21. The van der Waals surface area contributed by atoms with Crippen molar-refractivity contribution in [2.45, 2.75) is 58.4 Å². The van der Waals surface area contributed by atoms with Gasteiger partial charge in [0, 0.05) is 24.5 Å². The number of anilines is 1. The van der Waals surface area contributed by atoms with Gasteiger partial charge in [0.2, 0.25) is 0 Å². The Kier molecular flexibility index (Phi) is 6.03. The second kappa shape index (κ2) is 8.01. The lowest BCUT2D eigenvalue weighted by atomic mass is 9.84. The van der Waals surface area contributed by atoms with Crippen LogP contribution in [-0.2, 0) is 0 Å². The summed E-state index contributed by atoms with van der Waals surface area (Å²) in [5, 5.41) is 6.41. The molecule has 1 amide bonds. The first kappa shape index (κ1) is 15.8. The molecule has 1 aliphatic rings. The highest BCUT2D eigenvalue weighted by molar-refractivity contribution is 5.93. The maximum atomic E-state index is 12.3. The number of carbonyl (C=O) groups is 1. The molecule has 0 saturated heterocycles. The molecule has 21 heavy (non-hydrogen) atoms. The standard InChI is InChI=1S/C17H27N3O/c1-3-10-18-15-9-11-19-16(12-15)17(21)20-13(2)14-7-5-4-6-8-14/h9,11-14H,3-8,10H2,1-2H3,(H,18,19)(H,20,21). The van der Waals surface area contributed by atoms with Gasteiger partial charge in [0.05, 0.1) is 0 Å². The summed E-state index contributed by atoms with van der Waals surface area (Å²) in [7, 11) is 0. The van der Waals surface area contributed by atoms with Crippen molar-refractivity contribution in [3.8, 4) is 0 Å². The monoisotopic (exact) mass is 289 g/mol. The van der Waals surface area contributed by atoms with Crippen molar-refractivity contribution < 1.29 is 4.79 Å². The van der Waals surface area contributed by atoms with Crippen molar-refractivity contribution >= 4 is 11.6 Å². The number of amides is 1. The van der Waals surface area contributed by atoms with E-state index in [2.05, 4.69) is 29.5 Å². The number of hydrogen-bond donors (Lipinski definition) is 2. The molecule has 0 radical (unpaired) electrons. The molecule has 2 N–H and O–H groups in total. The molecule has 0 bridgehead atoms. The summed E-state index contributed by atoms with van der Waals surface area (Å²) in [6.07, 6.45) is 9.13. The Hall–Kier alpha value is -1.58. The first-order valence-electron chi connectivity index (χ1n) is 8.21. The van der Waals surface area contributed by atoms with E-state index in [9.17, 15) is 4.79 Å². The fraction of sp³-hybridized carbons (Fsp3) is 0.647. The Morgan fingerprint density at radius 1 is 1.38 bits per heavy atom. The highest BCUT2D eigenvalue weighted by Crippen LogP contribution is 2.26. The zero-order chi connectivity index (χ0) is 15.1. The minimum absolute atomic E-state index is 0.0618. The Labute approximate surface area is 127 Å². The lowest BCUT2D eigenvalue weighted by Gasteiger charge is -2.28. The lowest BCUT2D eigenvalue weighted by Crippen LogP contribution is -2.39. The molecule has 0 spiro atoms. The Bertz CT molecular complexity index is 455. The summed E-state index contributed by atoms with van der Waals surface area (Å²) in [5.74, 6) is 0.553. The summed E-state index contributed by atoms with van der Waals surface area (Å²) >= 11 is 0. The molecule has 1 aromatic rings. The van der Waals surface area contributed by atoms with Crippen molar-refractivity contribution in [1.29, 1.82) is 0 Å². The topological polar surface area (TPSA) is 54.0 Å². The predicted octanol–water partition coefficient (Wildman–Crippen LogP) is 3.60. The average molecular weight is 289 g/mol. The van der Waals surface area contributed by atoms with Crippen LogP contribution < -0.4 is 10.6 Å². The van der Waals surface area contributed by atoms with E-state index in [1.54, 1.807) is 6.20 Å². The van der Waals surface area contributed by atoms with Crippen molar-refractivity contribution in [2.75, 3.05) is 11.9 Å². The molecule has 0 aliphatic heterocycles. The quantitative estimate of drug-likeness (QED) is 0.841. The van der Waals surface area contributed by atoms with Crippen LogP contribution in [0.25, 0.3) is 0 Å². The highest BCUT2D eigenvalue weighted by Gasteiger charge is 2.22. The summed E-state index contributed by atoms with van der Waals surface area (Å²) in [5.41, 5.74) is 1.46. The molecule has 1 unspecified atom stereocenters. The molecule has 1 saturated carbocycles. The molecule has 1 heterocycles. The number of nitrogens with one attached hydrogen (secondary N) is 2. The summed E-state index contributed by atoms with van der Waals surface area (Å²) in [6.45, 7) is 5.14. The van der Waals surface area contributed by atoms with Gasteiger partial charge in [-0.15, -0.1) is 0 Å². The summed E-state index contributed by atoms with van der Waals surface area (Å²) < 4.78 is 0. The van der Waals surface area contributed by atoms with Crippen LogP contribution in [0.1, 0.15) is 62.9 Å². The van der Waals surface area contributed by atoms with Crippen LogP contribution in [0, 0.1) is 5.92 Å². The number of hydrogen-bond acceptors (Lipinski definition) is 3. The van der Waals surface area contributed by atoms with Gasteiger partial charge >= 0.3 is 0 Å². The van der Waals surface area contributed by atoms with Gasteiger partial charge in [-0.2, -0.15) is 0 Å². The zero-order valence-corrected chi connectivity index (χ0v) is 13.2. The maximum absolute atomic E-state index is 12.3. The smallest absolute Gasteiger partial charge is 0.270 e. The minimum atomic E-state index is -0.0618. The molecule has 4 heteroatoms. The molecule has 116 valence electrons. The maximum Gasteiger partial charge on any atom is 0.270 e. The predicted molar refractivity (Wildman–Crippen MR) is 86.5 cm³/mol. The Balaban J connectivity index is 1.92. The molecular formula is C17H27N3O. The highest BCUT2D eigenvalue weighted by atomic mass is 16.1. The molecule has 1 aliphatic carbocycles. The lowest BCUT2D eigenvalue weighted by molar-refractivity contribution is 0.0914. The number of rotatable bonds is 6. The number of carbonyl (C=O) groups excluding carboxylic acids is 1. The summed E-state index contributed by atoms with van der Waals surface area (Å²) in [6, 6.07) is 3.96. The van der Waals surface area contributed by atoms with E-state index in [0.29, 0.717) is 11.6 Å². The van der Waals surface area contributed by atoms with Gasteiger partial charge in [0.15, 0.2) is 0 Å². The van der Waals surface area contributed by atoms with Crippen LogP contribution in [-0.4, -0.2) is 23.5 Å². The van der Waals surface area contributed by atoms with Crippen LogP contribution in [0.5, 0.6) is 0 Å². The summed E-state index contributed by atoms with van der Waals surface area (Å²) in [4.78, 5) is 16.5. The van der Waals surface area contributed by atoms with Gasteiger partial charge in [-0.25, -0.2) is 0 Å². The van der Waals surface area contributed by atoms with Crippen LogP contribution in [0.2, 0.25) is 0 Å². The van der Waals surface area contributed by atoms with Gasteiger partial charge in [-0.1, -0.05) is 26.2 Å². The molecule has 2 rings (SSSR count). The largest absolute Gasteiger partial charge is 0.385 e. The third-order valence-electron chi connectivity index (χ3n) is 4.29. The van der Waals surface area contributed by atoms with Crippen molar-refractivity contribution in [1.82, 2.24) is 10.3 Å². The van der Waals surface area contributed by atoms with Crippen molar-refractivity contribution in [3.05, 3.63) is 24.0 Å². The fourth-order valence-corrected chi connectivity index (χ4v) is 2.97. The second-order valence-corrected chi connectivity index (χ2v) is 6.02.